The molecule has 1 aromatic carbocycles. The minimum atomic E-state index is -3.16. The Hall–Kier alpha value is -1.54. The van der Waals surface area contributed by atoms with Crippen LogP contribution in [0, 0.1) is 17.2 Å². The quantitative estimate of drug-likeness (QED) is 0.813. The van der Waals surface area contributed by atoms with Gasteiger partial charge in [0, 0.05) is 12.2 Å². The number of methoxy groups -OCH3 is 1. The summed E-state index contributed by atoms with van der Waals surface area (Å²) in [5.74, 6) is 0.109. The molecule has 90 valence electrons. The Morgan fingerprint density at radius 1 is 1.29 bits per heavy atom. The van der Waals surface area contributed by atoms with E-state index in [1.807, 2.05) is 12.1 Å². The minimum Gasteiger partial charge on any atom is -0.497 e. The maximum absolute atomic E-state index is 11.5. The van der Waals surface area contributed by atoms with Gasteiger partial charge in [-0.05, 0) is 17.7 Å². The van der Waals surface area contributed by atoms with Crippen LogP contribution in [0.25, 0.3) is 0 Å². The fraction of sp³-hybridized carbons (Fsp3) is 0.417. The number of ether oxygens (including phenoxy) is 1. The molecule has 4 nitrogen and oxygen atoms in total. The highest BCUT2D eigenvalue weighted by atomic mass is 32.2. The van der Waals surface area contributed by atoms with Crippen LogP contribution in [0.3, 0.4) is 0 Å². The molecule has 0 N–H and O–H groups in total. The van der Waals surface area contributed by atoms with Gasteiger partial charge in [0.15, 0.2) is 9.84 Å². The predicted molar refractivity (Wildman–Crippen MR) is 63.5 cm³/mol. The largest absolute Gasteiger partial charge is 0.497 e. The summed E-state index contributed by atoms with van der Waals surface area (Å²) < 4.78 is 28.0. The van der Waals surface area contributed by atoms with Crippen molar-refractivity contribution < 1.29 is 13.2 Å². The lowest BCUT2D eigenvalue weighted by molar-refractivity contribution is 0.414. The summed E-state index contributed by atoms with van der Waals surface area (Å²) in [6, 6.07) is 9.26. The number of hydrogen-bond acceptors (Lipinski definition) is 4. The second kappa shape index (κ2) is 4.04. The standard InChI is InChI=1S/C12H13NO3S/c1-16-9-5-3-8(4-6-9)11-10(7-13)12(11)17(2,14)15/h3-6,10-12H,1-2H3/t10-,11-,12-/m0/s1. The average molecular weight is 251 g/mol. The Kier molecular flexibility index (Phi) is 2.84. The van der Waals surface area contributed by atoms with Crippen molar-refractivity contribution in [3.05, 3.63) is 29.8 Å². The lowest BCUT2D eigenvalue weighted by atomic mass is 10.1. The highest BCUT2D eigenvalue weighted by Gasteiger charge is 2.57. The molecule has 0 amide bonds. The number of benzene rings is 1. The molecular formula is C12H13NO3S. The zero-order chi connectivity index (χ0) is 12.6. The number of sulfone groups is 1. The van der Waals surface area contributed by atoms with E-state index in [0.29, 0.717) is 0 Å². The van der Waals surface area contributed by atoms with Crippen LogP contribution in [0.4, 0.5) is 0 Å². The van der Waals surface area contributed by atoms with Crippen LogP contribution in [-0.4, -0.2) is 27.0 Å². The second-order valence-electron chi connectivity index (χ2n) is 4.25. The first-order valence-electron chi connectivity index (χ1n) is 5.21. The van der Waals surface area contributed by atoms with Gasteiger partial charge in [-0.25, -0.2) is 8.42 Å². The van der Waals surface area contributed by atoms with Crippen LogP contribution in [-0.2, 0) is 9.84 Å². The highest BCUT2D eigenvalue weighted by molar-refractivity contribution is 7.91. The summed E-state index contributed by atoms with van der Waals surface area (Å²) in [5, 5.41) is 8.38. The molecule has 1 fully saturated rings. The molecule has 0 radical (unpaired) electrons. The van der Waals surface area contributed by atoms with Gasteiger partial charge in [-0.1, -0.05) is 12.1 Å². The molecule has 3 atom stereocenters. The van der Waals surface area contributed by atoms with E-state index >= 15 is 0 Å². The van der Waals surface area contributed by atoms with Crippen LogP contribution >= 0.6 is 0 Å². The van der Waals surface area contributed by atoms with Crippen molar-refractivity contribution in [3.63, 3.8) is 0 Å². The number of rotatable bonds is 3. The fourth-order valence-electron chi connectivity index (χ4n) is 2.19. The van der Waals surface area contributed by atoms with Gasteiger partial charge in [0.2, 0.25) is 0 Å². The molecule has 1 saturated carbocycles. The summed E-state index contributed by atoms with van der Waals surface area (Å²) in [4.78, 5) is 0. The molecule has 5 heteroatoms. The number of nitriles is 1. The summed E-state index contributed by atoms with van der Waals surface area (Å²) >= 11 is 0. The third-order valence-electron chi connectivity index (χ3n) is 3.10. The third-order valence-corrected chi connectivity index (χ3v) is 4.67. The van der Waals surface area contributed by atoms with Gasteiger partial charge < -0.3 is 4.74 Å². The van der Waals surface area contributed by atoms with Crippen LogP contribution in [0.5, 0.6) is 5.75 Å². The molecule has 0 saturated heterocycles. The Labute approximate surface area is 101 Å². The van der Waals surface area contributed by atoms with Crippen molar-refractivity contribution in [3.8, 4) is 11.8 Å². The summed E-state index contributed by atoms with van der Waals surface area (Å²) in [6.45, 7) is 0. The SMILES string of the molecule is COc1ccc([C@H]2[C@H](C#N)[C@@H]2S(C)(=O)=O)cc1. The lowest BCUT2D eigenvalue weighted by Gasteiger charge is -2.02. The van der Waals surface area contributed by atoms with E-state index in [-0.39, 0.29) is 5.92 Å². The minimum absolute atomic E-state index is 0.194. The smallest absolute Gasteiger partial charge is 0.152 e. The summed E-state index contributed by atoms with van der Waals surface area (Å²) in [5.41, 5.74) is 0.882. The van der Waals surface area contributed by atoms with E-state index < -0.39 is 21.0 Å². The number of hydrogen-bond donors (Lipinski definition) is 0. The molecule has 2 rings (SSSR count). The van der Waals surface area contributed by atoms with E-state index in [1.165, 1.54) is 6.26 Å². The molecule has 0 unspecified atom stereocenters. The molecule has 0 heterocycles. The lowest BCUT2D eigenvalue weighted by Crippen LogP contribution is -2.06. The van der Waals surface area contributed by atoms with Crippen molar-refractivity contribution in [1.29, 1.82) is 5.26 Å². The van der Waals surface area contributed by atoms with Gasteiger partial charge in [-0.2, -0.15) is 5.26 Å². The van der Waals surface area contributed by atoms with Crippen molar-refractivity contribution in [2.24, 2.45) is 5.92 Å². The molecule has 0 spiro atoms. The van der Waals surface area contributed by atoms with Gasteiger partial charge in [0.05, 0.1) is 24.3 Å². The third kappa shape index (κ3) is 2.13. The van der Waals surface area contributed by atoms with Crippen molar-refractivity contribution >= 4 is 9.84 Å². The van der Waals surface area contributed by atoms with E-state index in [0.717, 1.165) is 11.3 Å². The normalized spacial score (nSPS) is 27.2. The van der Waals surface area contributed by atoms with Crippen molar-refractivity contribution in [1.82, 2.24) is 0 Å². The first-order chi connectivity index (χ1) is 7.99. The fourth-order valence-corrected chi connectivity index (χ4v) is 3.72. The zero-order valence-electron chi connectivity index (χ0n) is 9.62. The van der Waals surface area contributed by atoms with Gasteiger partial charge in [0.1, 0.15) is 5.75 Å². The molecular weight excluding hydrogens is 238 g/mol. The van der Waals surface area contributed by atoms with Crippen molar-refractivity contribution in [2.45, 2.75) is 11.2 Å². The van der Waals surface area contributed by atoms with Crippen molar-refractivity contribution in [2.75, 3.05) is 13.4 Å². The molecule has 0 aliphatic heterocycles. The van der Waals surface area contributed by atoms with E-state index in [2.05, 4.69) is 6.07 Å². The predicted octanol–water partition coefficient (Wildman–Crippen LogP) is 1.35. The monoisotopic (exact) mass is 251 g/mol. The van der Waals surface area contributed by atoms with Gasteiger partial charge in [-0.3, -0.25) is 0 Å². The molecule has 1 aromatic rings. The molecule has 0 bridgehead atoms. The van der Waals surface area contributed by atoms with Crippen LogP contribution in [0.1, 0.15) is 11.5 Å². The Balaban J connectivity index is 2.27. The van der Waals surface area contributed by atoms with Crippen LogP contribution in [0.15, 0.2) is 24.3 Å². The van der Waals surface area contributed by atoms with Crippen LogP contribution < -0.4 is 4.74 Å². The molecule has 17 heavy (non-hydrogen) atoms. The maximum Gasteiger partial charge on any atom is 0.152 e. The molecule has 0 aromatic heterocycles. The van der Waals surface area contributed by atoms with Gasteiger partial charge >= 0.3 is 0 Å². The van der Waals surface area contributed by atoms with Gasteiger partial charge in [-0.15, -0.1) is 0 Å². The van der Waals surface area contributed by atoms with E-state index in [9.17, 15) is 8.42 Å². The molecule has 1 aliphatic rings. The summed E-state index contributed by atoms with van der Waals surface area (Å²) in [6.07, 6.45) is 1.19. The Morgan fingerprint density at radius 2 is 1.88 bits per heavy atom. The topological polar surface area (TPSA) is 67.2 Å². The maximum atomic E-state index is 11.5. The zero-order valence-corrected chi connectivity index (χ0v) is 10.4. The average Bonchev–Trinajstić information content (AvgIpc) is 3.03. The van der Waals surface area contributed by atoms with Crippen LogP contribution in [0.2, 0.25) is 0 Å². The number of nitrogens with zero attached hydrogens (tertiary/aromatic N) is 1. The second-order valence-corrected chi connectivity index (χ2v) is 6.45. The summed E-state index contributed by atoms with van der Waals surface area (Å²) in [7, 11) is -1.58. The van der Waals surface area contributed by atoms with E-state index in [4.69, 9.17) is 10.00 Å². The highest BCUT2D eigenvalue weighted by Crippen LogP contribution is 2.51. The Morgan fingerprint density at radius 3 is 2.24 bits per heavy atom. The molecule has 1 aliphatic carbocycles. The van der Waals surface area contributed by atoms with E-state index in [1.54, 1.807) is 19.2 Å². The first kappa shape index (κ1) is 11.9. The first-order valence-corrected chi connectivity index (χ1v) is 7.17. The Bertz CT molecular complexity index is 556. The van der Waals surface area contributed by atoms with Gasteiger partial charge in [0.25, 0.3) is 0 Å².